The minimum absolute atomic E-state index is 0.264. The van der Waals surface area contributed by atoms with Gasteiger partial charge in [0.2, 0.25) is 0 Å². The average molecular weight is 476 g/mol. The second-order valence-electron chi connectivity index (χ2n) is 7.49. The summed E-state index contributed by atoms with van der Waals surface area (Å²) in [7, 11) is 0. The van der Waals surface area contributed by atoms with E-state index in [1.807, 2.05) is 62.4 Å². The molecule has 1 atom stereocenters. The molecule has 9 heteroatoms. The Balaban J connectivity index is 1.84. The van der Waals surface area contributed by atoms with Crippen molar-refractivity contribution in [2.75, 3.05) is 18.5 Å². The number of ether oxygens (including phenoxy) is 2. The molecule has 4 rings (SSSR count). The van der Waals surface area contributed by atoms with Crippen molar-refractivity contribution in [2.45, 2.75) is 26.8 Å². The van der Waals surface area contributed by atoms with E-state index in [4.69, 9.17) is 15.2 Å². The molecule has 2 aliphatic rings. The fourth-order valence-corrected chi connectivity index (χ4v) is 4.82. The molecule has 3 N–H and O–H groups in total. The number of rotatable bonds is 7. The van der Waals surface area contributed by atoms with E-state index in [1.54, 1.807) is 11.8 Å². The number of nitrogens with one attached hydrogen (secondary N) is 1. The number of amides is 1. The number of para-hydroxylation sites is 1. The van der Waals surface area contributed by atoms with Crippen LogP contribution in [0.15, 0.2) is 75.5 Å². The van der Waals surface area contributed by atoms with E-state index in [-0.39, 0.29) is 11.7 Å². The van der Waals surface area contributed by atoms with Gasteiger partial charge in [-0.15, -0.1) is 0 Å². The molecule has 0 bridgehead atoms. The first-order valence-electron chi connectivity index (χ1n) is 10.9. The summed E-state index contributed by atoms with van der Waals surface area (Å²) in [5.41, 5.74) is 8.79. The second-order valence-corrected chi connectivity index (χ2v) is 8.46. The number of allylic oxidation sites excluding steroid dienone is 2. The Kier molecular flexibility index (Phi) is 6.80. The molecule has 0 spiro atoms. The van der Waals surface area contributed by atoms with Gasteiger partial charge >= 0.3 is 0 Å². The van der Waals surface area contributed by atoms with Gasteiger partial charge in [0, 0.05) is 5.69 Å². The van der Waals surface area contributed by atoms with Gasteiger partial charge in [-0.2, -0.15) is 5.26 Å². The molecule has 0 aromatic heterocycles. The van der Waals surface area contributed by atoms with Gasteiger partial charge in [-0.1, -0.05) is 24.3 Å². The van der Waals surface area contributed by atoms with Crippen molar-refractivity contribution in [3.05, 3.63) is 76.1 Å². The number of nitrogens with zero attached hydrogens (tertiary/aromatic N) is 3. The number of nitrogens with two attached hydrogens (primary N) is 1. The van der Waals surface area contributed by atoms with E-state index < -0.39 is 6.04 Å². The van der Waals surface area contributed by atoms with Crippen LogP contribution < -0.4 is 20.5 Å². The summed E-state index contributed by atoms with van der Waals surface area (Å²) >= 11 is 1.20. The molecular formula is C25H25N5O3S. The maximum atomic E-state index is 13.5. The highest BCUT2D eigenvalue weighted by Crippen LogP contribution is 2.46. The van der Waals surface area contributed by atoms with Gasteiger partial charge in [0.25, 0.3) is 5.91 Å². The molecular weight excluding hydrogens is 450 g/mol. The first-order valence-corrected chi connectivity index (χ1v) is 11.7. The van der Waals surface area contributed by atoms with E-state index in [2.05, 4.69) is 16.4 Å². The second kappa shape index (κ2) is 9.93. The number of hydrogen-bond acceptors (Lipinski definition) is 8. The van der Waals surface area contributed by atoms with Crippen molar-refractivity contribution in [3.63, 3.8) is 0 Å². The normalized spacial score (nSPS) is 17.2. The summed E-state index contributed by atoms with van der Waals surface area (Å²) < 4.78 is 11.5. The zero-order valence-electron chi connectivity index (χ0n) is 19.2. The predicted octanol–water partition coefficient (Wildman–Crippen LogP) is 4.51. The number of fused-ring (bicyclic) bond motifs is 1. The summed E-state index contributed by atoms with van der Waals surface area (Å²) in [6.07, 6.45) is 0. The fourth-order valence-electron chi connectivity index (χ4n) is 3.90. The molecule has 2 aromatic carbocycles. The van der Waals surface area contributed by atoms with Crippen LogP contribution in [0.2, 0.25) is 0 Å². The third kappa shape index (κ3) is 4.32. The lowest BCUT2D eigenvalue weighted by atomic mass is 9.93. The van der Waals surface area contributed by atoms with Crippen LogP contribution >= 0.6 is 11.8 Å². The van der Waals surface area contributed by atoms with Gasteiger partial charge in [-0.25, -0.2) is 4.99 Å². The summed E-state index contributed by atoms with van der Waals surface area (Å²) in [6.45, 7) is 6.54. The number of thioether (sulfide) groups is 1. The smallest absolute Gasteiger partial charge is 0.255 e. The number of amidine groups is 1. The third-order valence-electron chi connectivity index (χ3n) is 5.34. The van der Waals surface area contributed by atoms with Crippen LogP contribution in [-0.2, 0) is 4.79 Å². The minimum Gasteiger partial charge on any atom is -0.490 e. The maximum Gasteiger partial charge on any atom is 0.255 e. The molecule has 0 saturated carbocycles. The van der Waals surface area contributed by atoms with E-state index in [0.717, 1.165) is 5.56 Å². The number of aliphatic imine (C=N–C) groups is 1. The number of hydrogen-bond donors (Lipinski definition) is 2. The highest BCUT2D eigenvalue weighted by atomic mass is 32.2. The fraction of sp³-hybridized carbons (Fsp3) is 0.240. The largest absolute Gasteiger partial charge is 0.490 e. The van der Waals surface area contributed by atoms with E-state index in [9.17, 15) is 10.1 Å². The molecule has 0 radical (unpaired) electrons. The molecule has 8 nitrogen and oxygen atoms in total. The molecule has 2 heterocycles. The van der Waals surface area contributed by atoms with Gasteiger partial charge in [-0.05, 0) is 62.4 Å². The Hall–Kier alpha value is -3.90. The monoisotopic (exact) mass is 475 g/mol. The lowest BCUT2D eigenvalue weighted by Crippen LogP contribution is -2.39. The summed E-state index contributed by atoms with van der Waals surface area (Å²) in [4.78, 5) is 20.2. The summed E-state index contributed by atoms with van der Waals surface area (Å²) in [6, 6.07) is 16.3. The number of carbonyl (C=O) groups is 1. The van der Waals surface area contributed by atoms with Gasteiger partial charge < -0.3 is 20.5 Å². The van der Waals surface area contributed by atoms with Crippen molar-refractivity contribution in [1.29, 1.82) is 5.26 Å². The van der Waals surface area contributed by atoms with Crippen LogP contribution in [0.1, 0.15) is 32.4 Å². The van der Waals surface area contributed by atoms with Crippen LogP contribution in [0.3, 0.4) is 0 Å². The van der Waals surface area contributed by atoms with Crippen LogP contribution in [0.4, 0.5) is 5.69 Å². The lowest BCUT2D eigenvalue weighted by Gasteiger charge is -2.35. The van der Waals surface area contributed by atoms with Crippen LogP contribution in [0.25, 0.3) is 0 Å². The molecule has 0 unspecified atom stereocenters. The number of nitriles is 1. The highest BCUT2D eigenvalue weighted by Gasteiger charge is 2.42. The molecule has 0 fully saturated rings. The molecule has 174 valence electrons. The van der Waals surface area contributed by atoms with Crippen LogP contribution in [-0.4, -0.2) is 29.2 Å². The molecule has 0 saturated heterocycles. The first kappa shape index (κ1) is 23.3. The SMILES string of the molecule is CCOc1ccc([C@H]2C(C(=O)Nc3ccccc3)=C(C)N=C3SC(C#N)=C(N)N32)cc1OCC. The molecule has 2 aromatic rings. The molecule has 2 aliphatic heterocycles. The van der Waals surface area contributed by atoms with E-state index in [1.165, 1.54) is 11.8 Å². The average Bonchev–Trinajstić information content (AvgIpc) is 3.15. The zero-order chi connectivity index (χ0) is 24.2. The van der Waals surface area contributed by atoms with Gasteiger partial charge in [0.05, 0.1) is 30.5 Å². The number of anilines is 1. The molecule has 34 heavy (non-hydrogen) atoms. The Morgan fingerprint density at radius 2 is 1.88 bits per heavy atom. The lowest BCUT2D eigenvalue weighted by molar-refractivity contribution is -0.113. The van der Waals surface area contributed by atoms with Crippen molar-refractivity contribution in [2.24, 2.45) is 10.7 Å². The number of carbonyl (C=O) groups excluding carboxylic acids is 1. The topological polar surface area (TPSA) is 113 Å². The predicted molar refractivity (Wildman–Crippen MR) is 133 cm³/mol. The number of benzene rings is 2. The molecule has 0 aliphatic carbocycles. The Bertz CT molecular complexity index is 1250. The van der Waals surface area contributed by atoms with E-state index in [0.29, 0.717) is 51.7 Å². The summed E-state index contributed by atoms with van der Waals surface area (Å²) in [5.74, 6) is 1.15. The van der Waals surface area contributed by atoms with Crippen LogP contribution in [0, 0.1) is 11.3 Å². The van der Waals surface area contributed by atoms with Crippen molar-refractivity contribution >= 4 is 28.5 Å². The Morgan fingerprint density at radius 3 is 2.56 bits per heavy atom. The zero-order valence-corrected chi connectivity index (χ0v) is 20.0. The van der Waals surface area contributed by atoms with E-state index >= 15 is 0 Å². The Labute approximate surface area is 202 Å². The Morgan fingerprint density at radius 1 is 1.18 bits per heavy atom. The van der Waals surface area contributed by atoms with Crippen molar-refractivity contribution < 1.29 is 14.3 Å². The minimum atomic E-state index is -0.607. The van der Waals surface area contributed by atoms with Crippen molar-refractivity contribution in [3.8, 4) is 17.6 Å². The maximum absolute atomic E-state index is 13.5. The molecule has 1 amide bonds. The van der Waals surface area contributed by atoms with Gasteiger partial charge in [0.15, 0.2) is 16.7 Å². The summed E-state index contributed by atoms with van der Waals surface area (Å²) in [5, 5.41) is 13.1. The van der Waals surface area contributed by atoms with Gasteiger partial charge in [0.1, 0.15) is 16.8 Å². The first-order chi connectivity index (χ1) is 16.5. The van der Waals surface area contributed by atoms with Gasteiger partial charge in [-0.3, -0.25) is 9.69 Å². The van der Waals surface area contributed by atoms with Crippen molar-refractivity contribution in [1.82, 2.24) is 4.90 Å². The standard InChI is InChI=1S/C25H25N5O3S/c1-4-32-18-12-11-16(13-19(18)33-5-2)22-21(24(31)29-17-9-7-6-8-10-17)15(3)28-25-30(22)23(27)20(14-26)34-25/h6-13,22H,4-5,27H2,1-3H3,(H,29,31)/t22-/m0/s1. The highest BCUT2D eigenvalue weighted by molar-refractivity contribution is 8.17. The van der Waals surface area contributed by atoms with Crippen LogP contribution in [0.5, 0.6) is 11.5 Å². The quantitative estimate of drug-likeness (QED) is 0.606. The third-order valence-corrected chi connectivity index (χ3v) is 6.31.